The molecule has 3 saturated carbocycles. The summed E-state index contributed by atoms with van der Waals surface area (Å²) in [5.41, 5.74) is 4.18. The third-order valence-corrected chi connectivity index (χ3v) is 11.5. The first-order valence-corrected chi connectivity index (χ1v) is 15.2. The van der Waals surface area contributed by atoms with Gasteiger partial charge in [-0.05, 0) is 103 Å². The maximum atomic E-state index is 6.45. The largest absolute Gasteiger partial charge is 0.374 e. The molecule has 0 N–H and O–H groups in total. The van der Waals surface area contributed by atoms with Crippen molar-refractivity contribution in [3.05, 3.63) is 47.5 Å². The van der Waals surface area contributed by atoms with E-state index in [2.05, 4.69) is 71.0 Å². The Kier molecular flexibility index (Phi) is 7.56. The monoisotopic (exact) mass is 476 g/mol. The van der Waals surface area contributed by atoms with E-state index in [1.165, 1.54) is 76.2 Å². The number of benzene rings is 1. The molecule has 8 atom stereocenters. The lowest BCUT2D eigenvalue weighted by molar-refractivity contribution is -0.0522. The molecule has 35 heavy (non-hydrogen) atoms. The predicted molar refractivity (Wildman–Crippen MR) is 148 cm³/mol. The third kappa shape index (κ3) is 4.93. The zero-order valence-corrected chi connectivity index (χ0v) is 23.4. The Balaban J connectivity index is 1.24. The van der Waals surface area contributed by atoms with Crippen molar-refractivity contribution in [3.63, 3.8) is 0 Å². The van der Waals surface area contributed by atoms with Gasteiger partial charge < -0.3 is 4.74 Å². The van der Waals surface area contributed by atoms with Gasteiger partial charge in [-0.3, -0.25) is 0 Å². The van der Waals surface area contributed by atoms with E-state index in [0.717, 1.165) is 42.1 Å². The average Bonchev–Trinajstić information content (AvgIpc) is 3.20. The molecule has 0 heterocycles. The molecular weight excluding hydrogens is 424 g/mol. The molecule has 1 aromatic carbocycles. The Morgan fingerprint density at radius 1 is 0.943 bits per heavy atom. The second-order valence-electron chi connectivity index (χ2n) is 14.0. The van der Waals surface area contributed by atoms with Crippen LogP contribution in [0, 0.1) is 46.3 Å². The highest BCUT2D eigenvalue weighted by Gasteiger charge is 2.57. The van der Waals surface area contributed by atoms with E-state index in [0.29, 0.717) is 16.9 Å². The summed E-state index contributed by atoms with van der Waals surface area (Å²) in [6.45, 7) is 13.5. The molecule has 0 aliphatic heterocycles. The SMILES string of the molecule is CC(C)CCC[C@@H](C)[C@H]1CC[C@H]2[C@@H]3CC[C@H]4C[C@H](OCc5ccccc5)CC[C@]4(C)C3=CC[C@]12C. The lowest BCUT2D eigenvalue weighted by atomic mass is 9.48. The fourth-order valence-corrected chi connectivity index (χ4v) is 9.45. The van der Waals surface area contributed by atoms with Crippen LogP contribution in [0.3, 0.4) is 0 Å². The van der Waals surface area contributed by atoms with Crippen LogP contribution in [0.4, 0.5) is 0 Å². The Hall–Kier alpha value is -1.08. The fourth-order valence-electron chi connectivity index (χ4n) is 9.45. The number of hydrogen-bond acceptors (Lipinski definition) is 1. The van der Waals surface area contributed by atoms with Crippen LogP contribution in [0.25, 0.3) is 0 Å². The van der Waals surface area contributed by atoms with Crippen LogP contribution in [0.5, 0.6) is 0 Å². The standard InChI is InChI=1S/C34H52O/c1-24(2)10-9-11-25(3)30-16-17-31-29-15-14-27-22-28(35-23-26-12-7-6-8-13-26)18-20-33(27,4)32(29)19-21-34(30,31)5/h6-8,12-13,19,24-25,27-31H,9-11,14-18,20-23H2,1-5H3/t25-,27+,28-,29+,30-,31+,33+,34-/m1/s1. The molecule has 0 bridgehead atoms. The van der Waals surface area contributed by atoms with Crippen LogP contribution in [0.1, 0.15) is 111 Å². The number of hydrogen-bond donors (Lipinski definition) is 0. The van der Waals surface area contributed by atoms with E-state index in [4.69, 9.17) is 4.74 Å². The van der Waals surface area contributed by atoms with E-state index >= 15 is 0 Å². The van der Waals surface area contributed by atoms with Crippen LogP contribution < -0.4 is 0 Å². The minimum atomic E-state index is 0.428. The number of allylic oxidation sites excluding steroid dienone is 2. The van der Waals surface area contributed by atoms with Crippen LogP contribution in [0.15, 0.2) is 42.0 Å². The van der Waals surface area contributed by atoms with Crippen molar-refractivity contribution in [1.29, 1.82) is 0 Å². The van der Waals surface area contributed by atoms with Crippen molar-refractivity contribution in [3.8, 4) is 0 Å². The molecule has 0 spiro atoms. The quantitative estimate of drug-likeness (QED) is 0.339. The van der Waals surface area contributed by atoms with Crippen molar-refractivity contribution in [2.45, 2.75) is 118 Å². The molecular formula is C34H52O. The molecule has 1 heteroatoms. The molecule has 1 aromatic rings. The van der Waals surface area contributed by atoms with E-state index in [-0.39, 0.29) is 0 Å². The van der Waals surface area contributed by atoms with Gasteiger partial charge in [0.1, 0.15) is 0 Å². The van der Waals surface area contributed by atoms with Gasteiger partial charge in [0, 0.05) is 0 Å². The first kappa shape index (κ1) is 25.6. The van der Waals surface area contributed by atoms with Gasteiger partial charge >= 0.3 is 0 Å². The first-order valence-electron chi connectivity index (χ1n) is 15.2. The summed E-state index contributed by atoms with van der Waals surface area (Å²) in [5, 5.41) is 0. The molecule has 4 aliphatic rings. The molecule has 194 valence electrons. The van der Waals surface area contributed by atoms with Crippen molar-refractivity contribution < 1.29 is 4.74 Å². The van der Waals surface area contributed by atoms with E-state index in [9.17, 15) is 0 Å². The lowest BCUT2D eigenvalue weighted by Gasteiger charge is -2.57. The van der Waals surface area contributed by atoms with Gasteiger partial charge in [0.25, 0.3) is 0 Å². The van der Waals surface area contributed by atoms with Crippen LogP contribution >= 0.6 is 0 Å². The van der Waals surface area contributed by atoms with Gasteiger partial charge in [-0.1, -0.05) is 95.9 Å². The zero-order valence-electron chi connectivity index (χ0n) is 23.4. The Morgan fingerprint density at radius 2 is 1.74 bits per heavy atom. The van der Waals surface area contributed by atoms with E-state index in [1.54, 1.807) is 0 Å². The van der Waals surface area contributed by atoms with Crippen molar-refractivity contribution in [2.75, 3.05) is 0 Å². The smallest absolute Gasteiger partial charge is 0.0720 e. The molecule has 0 radical (unpaired) electrons. The summed E-state index contributed by atoms with van der Waals surface area (Å²) in [4.78, 5) is 0. The van der Waals surface area contributed by atoms with Gasteiger partial charge in [-0.15, -0.1) is 0 Å². The normalized spacial score (nSPS) is 39.5. The third-order valence-electron chi connectivity index (χ3n) is 11.5. The van der Waals surface area contributed by atoms with Gasteiger partial charge in [0.2, 0.25) is 0 Å². The van der Waals surface area contributed by atoms with Crippen LogP contribution in [-0.2, 0) is 11.3 Å². The lowest BCUT2D eigenvalue weighted by Crippen LogP contribution is -2.49. The molecule has 3 fully saturated rings. The summed E-state index contributed by atoms with van der Waals surface area (Å²) < 4.78 is 6.45. The maximum absolute atomic E-state index is 6.45. The van der Waals surface area contributed by atoms with Crippen LogP contribution in [0.2, 0.25) is 0 Å². The maximum Gasteiger partial charge on any atom is 0.0720 e. The predicted octanol–water partition coefficient (Wildman–Crippen LogP) is 9.61. The summed E-state index contributed by atoms with van der Waals surface area (Å²) in [7, 11) is 0. The Labute approximate surface area is 216 Å². The van der Waals surface area contributed by atoms with E-state index in [1.807, 2.05) is 5.57 Å². The zero-order chi connectivity index (χ0) is 24.6. The Morgan fingerprint density at radius 3 is 2.51 bits per heavy atom. The average molecular weight is 477 g/mol. The van der Waals surface area contributed by atoms with Gasteiger partial charge in [-0.2, -0.15) is 0 Å². The van der Waals surface area contributed by atoms with Crippen molar-refractivity contribution in [2.24, 2.45) is 46.3 Å². The van der Waals surface area contributed by atoms with Crippen molar-refractivity contribution in [1.82, 2.24) is 0 Å². The highest BCUT2D eigenvalue weighted by atomic mass is 16.5. The minimum absolute atomic E-state index is 0.428. The van der Waals surface area contributed by atoms with Crippen molar-refractivity contribution >= 4 is 0 Å². The fraction of sp³-hybridized carbons (Fsp3) is 0.765. The van der Waals surface area contributed by atoms with Gasteiger partial charge in [0.15, 0.2) is 0 Å². The van der Waals surface area contributed by atoms with Gasteiger partial charge in [-0.25, -0.2) is 0 Å². The summed E-state index contributed by atoms with van der Waals surface area (Å²) >= 11 is 0. The second-order valence-corrected chi connectivity index (χ2v) is 14.0. The number of ether oxygens (including phenoxy) is 1. The molecule has 0 unspecified atom stereocenters. The molecule has 0 aromatic heterocycles. The molecule has 5 rings (SSSR count). The minimum Gasteiger partial charge on any atom is -0.374 e. The summed E-state index contributed by atoms with van der Waals surface area (Å²) in [5.74, 6) is 5.29. The molecule has 0 amide bonds. The molecule has 0 saturated heterocycles. The topological polar surface area (TPSA) is 9.23 Å². The number of fused-ring (bicyclic) bond motifs is 5. The summed E-state index contributed by atoms with van der Waals surface area (Å²) in [6.07, 6.45) is 18.5. The highest BCUT2D eigenvalue weighted by molar-refractivity contribution is 5.29. The summed E-state index contributed by atoms with van der Waals surface area (Å²) in [6, 6.07) is 10.7. The first-order chi connectivity index (χ1) is 16.8. The second kappa shape index (κ2) is 10.4. The van der Waals surface area contributed by atoms with Crippen LogP contribution in [-0.4, -0.2) is 6.10 Å². The highest BCUT2D eigenvalue weighted by Crippen LogP contribution is 2.66. The molecule has 1 nitrogen and oxygen atoms in total. The molecule has 4 aliphatic carbocycles. The Bertz CT molecular complexity index is 870. The number of rotatable bonds is 8. The van der Waals surface area contributed by atoms with E-state index < -0.39 is 0 Å². The van der Waals surface area contributed by atoms with Gasteiger partial charge in [0.05, 0.1) is 12.7 Å².